The van der Waals surface area contributed by atoms with Gasteiger partial charge >= 0.3 is 0 Å². The molecule has 94 valence electrons. The van der Waals surface area contributed by atoms with Crippen molar-refractivity contribution in [2.24, 2.45) is 0 Å². The quantitative estimate of drug-likeness (QED) is 0.920. The van der Waals surface area contributed by atoms with E-state index < -0.39 is 0 Å². The molecule has 0 radical (unpaired) electrons. The van der Waals surface area contributed by atoms with Crippen LogP contribution < -0.4 is 5.32 Å². The van der Waals surface area contributed by atoms with Crippen molar-refractivity contribution in [2.45, 2.75) is 26.8 Å². The van der Waals surface area contributed by atoms with Gasteiger partial charge in [0, 0.05) is 22.5 Å². The van der Waals surface area contributed by atoms with Crippen LogP contribution in [0.4, 0.5) is 0 Å². The van der Waals surface area contributed by atoms with E-state index >= 15 is 0 Å². The average Bonchev–Trinajstić information content (AvgIpc) is 2.75. The van der Waals surface area contributed by atoms with Gasteiger partial charge in [-0.2, -0.15) is 0 Å². The van der Waals surface area contributed by atoms with E-state index in [2.05, 4.69) is 10.3 Å². The second-order valence-corrected chi connectivity index (χ2v) is 5.52. The Balaban J connectivity index is 2.17. The Morgan fingerprint density at radius 3 is 2.44 bits per heavy atom. The molecule has 4 heteroatoms. The highest BCUT2D eigenvalue weighted by Gasteiger charge is 2.07. The molecule has 0 saturated heterocycles. The van der Waals surface area contributed by atoms with Crippen molar-refractivity contribution in [2.75, 3.05) is 0 Å². The Kier molecular flexibility index (Phi) is 3.77. The van der Waals surface area contributed by atoms with E-state index in [-0.39, 0.29) is 11.9 Å². The largest absolute Gasteiger partial charge is 0.350 e. The standard InChI is InChI=1S/C14H16N2OS/c1-9(2)15-14(17)12-6-4-11(5-7-12)13-8-18-10(3)16-13/h4-9H,1-3H3,(H,15,17). The number of hydrogen-bond donors (Lipinski definition) is 1. The number of nitrogens with one attached hydrogen (secondary N) is 1. The summed E-state index contributed by atoms with van der Waals surface area (Å²) in [5.74, 6) is -0.0361. The van der Waals surface area contributed by atoms with Crippen LogP contribution in [0.15, 0.2) is 29.6 Å². The first kappa shape index (κ1) is 12.8. The number of aryl methyl sites for hydroxylation is 1. The van der Waals surface area contributed by atoms with Gasteiger partial charge in [-0.25, -0.2) is 4.98 Å². The number of carbonyl (C=O) groups is 1. The Morgan fingerprint density at radius 2 is 1.94 bits per heavy atom. The minimum atomic E-state index is -0.0361. The van der Waals surface area contributed by atoms with Crippen LogP contribution in [-0.2, 0) is 0 Å². The second-order valence-electron chi connectivity index (χ2n) is 4.46. The maximum Gasteiger partial charge on any atom is 0.251 e. The summed E-state index contributed by atoms with van der Waals surface area (Å²) in [4.78, 5) is 16.2. The molecule has 0 aliphatic rings. The molecule has 3 nitrogen and oxygen atoms in total. The molecular weight excluding hydrogens is 244 g/mol. The summed E-state index contributed by atoms with van der Waals surface area (Å²) in [6.07, 6.45) is 0. The predicted octanol–water partition coefficient (Wildman–Crippen LogP) is 3.26. The van der Waals surface area contributed by atoms with Crippen molar-refractivity contribution >= 4 is 17.2 Å². The lowest BCUT2D eigenvalue weighted by atomic mass is 10.1. The minimum Gasteiger partial charge on any atom is -0.350 e. The Bertz CT molecular complexity index is 543. The molecule has 0 atom stereocenters. The number of rotatable bonds is 3. The number of hydrogen-bond acceptors (Lipinski definition) is 3. The fraction of sp³-hybridized carbons (Fsp3) is 0.286. The molecule has 0 fully saturated rings. The number of benzene rings is 1. The van der Waals surface area contributed by atoms with Crippen LogP contribution in [0.3, 0.4) is 0 Å². The zero-order chi connectivity index (χ0) is 13.1. The number of thiazole rings is 1. The summed E-state index contributed by atoms with van der Waals surface area (Å²) in [5.41, 5.74) is 2.69. The van der Waals surface area contributed by atoms with Gasteiger partial charge in [-0.3, -0.25) is 4.79 Å². The third-order valence-corrected chi connectivity index (χ3v) is 3.26. The number of carbonyl (C=O) groups excluding carboxylic acids is 1. The maximum atomic E-state index is 11.8. The lowest BCUT2D eigenvalue weighted by Gasteiger charge is -2.08. The fourth-order valence-electron chi connectivity index (χ4n) is 1.63. The van der Waals surface area contributed by atoms with Crippen LogP contribution in [0.25, 0.3) is 11.3 Å². The van der Waals surface area contributed by atoms with Crippen LogP contribution in [0.2, 0.25) is 0 Å². The Hall–Kier alpha value is -1.68. The second kappa shape index (κ2) is 5.31. The molecule has 1 aromatic heterocycles. The molecule has 0 unspecified atom stereocenters. The molecule has 0 bridgehead atoms. The van der Waals surface area contributed by atoms with Crippen molar-refractivity contribution < 1.29 is 4.79 Å². The van der Waals surface area contributed by atoms with Crippen molar-refractivity contribution in [3.63, 3.8) is 0 Å². The first-order valence-electron chi connectivity index (χ1n) is 5.89. The summed E-state index contributed by atoms with van der Waals surface area (Å²) >= 11 is 1.63. The lowest BCUT2D eigenvalue weighted by Crippen LogP contribution is -2.29. The Morgan fingerprint density at radius 1 is 1.28 bits per heavy atom. The molecule has 1 aromatic carbocycles. The van der Waals surface area contributed by atoms with Gasteiger partial charge < -0.3 is 5.32 Å². The summed E-state index contributed by atoms with van der Waals surface area (Å²) in [6.45, 7) is 5.88. The smallest absolute Gasteiger partial charge is 0.251 e. The highest BCUT2D eigenvalue weighted by Crippen LogP contribution is 2.21. The highest BCUT2D eigenvalue weighted by atomic mass is 32.1. The molecule has 2 rings (SSSR count). The van der Waals surface area contributed by atoms with Gasteiger partial charge in [-0.05, 0) is 32.9 Å². The van der Waals surface area contributed by atoms with E-state index in [1.165, 1.54) is 0 Å². The monoisotopic (exact) mass is 260 g/mol. The molecule has 1 heterocycles. The molecular formula is C14H16N2OS. The number of nitrogens with zero attached hydrogens (tertiary/aromatic N) is 1. The normalized spacial score (nSPS) is 10.7. The van der Waals surface area contributed by atoms with E-state index in [1.54, 1.807) is 11.3 Å². The van der Waals surface area contributed by atoms with Crippen LogP contribution in [0.1, 0.15) is 29.2 Å². The van der Waals surface area contributed by atoms with Gasteiger partial charge in [0.15, 0.2) is 0 Å². The third-order valence-electron chi connectivity index (χ3n) is 2.48. The van der Waals surface area contributed by atoms with Crippen LogP contribution >= 0.6 is 11.3 Å². The van der Waals surface area contributed by atoms with Crippen molar-refractivity contribution in [3.8, 4) is 11.3 Å². The molecule has 1 amide bonds. The van der Waals surface area contributed by atoms with Crippen molar-refractivity contribution in [1.82, 2.24) is 10.3 Å². The summed E-state index contributed by atoms with van der Waals surface area (Å²) < 4.78 is 0. The summed E-state index contributed by atoms with van der Waals surface area (Å²) in [7, 11) is 0. The third kappa shape index (κ3) is 2.96. The van der Waals surface area contributed by atoms with E-state index in [4.69, 9.17) is 0 Å². The van der Waals surface area contributed by atoms with Crippen LogP contribution in [0.5, 0.6) is 0 Å². The SMILES string of the molecule is Cc1nc(-c2ccc(C(=O)NC(C)C)cc2)cs1. The first-order valence-corrected chi connectivity index (χ1v) is 6.77. The van der Waals surface area contributed by atoms with E-state index in [9.17, 15) is 4.79 Å². The first-order chi connectivity index (χ1) is 8.56. The highest BCUT2D eigenvalue weighted by molar-refractivity contribution is 7.09. The molecule has 0 aliphatic carbocycles. The summed E-state index contributed by atoms with van der Waals surface area (Å²) in [6, 6.07) is 7.69. The van der Waals surface area contributed by atoms with Gasteiger partial charge in [0.1, 0.15) is 0 Å². The number of aromatic nitrogens is 1. The predicted molar refractivity (Wildman–Crippen MR) is 74.9 cm³/mol. The Labute approximate surface area is 111 Å². The minimum absolute atomic E-state index is 0.0361. The van der Waals surface area contributed by atoms with Crippen molar-refractivity contribution in [1.29, 1.82) is 0 Å². The van der Waals surface area contributed by atoms with Gasteiger partial charge in [-0.15, -0.1) is 11.3 Å². The molecule has 1 N–H and O–H groups in total. The van der Waals surface area contributed by atoms with E-state index in [0.717, 1.165) is 16.3 Å². The van der Waals surface area contributed by atoms with Gasteiger partial charge in [-0.1, -0.05) is 12.1 Å². The van der Waals surface area contributed by atoms with Crippen molar-refractivity contribution in [3.05, 3.63) is 40.2 Å². The van der Waals surface area contributed by atoms with E-state index in [0.29, 0.717) is 5.56 Å². The van der Waals surface area contributed by atoms with Gasteiger partial charge in [0.2, 0.25) is 0 Å². The maximum absolute atomic E-state index is 11.8. The molecule has 0 aliphatic heterocycles. The molecule has 0 spiro atoms. The van der Waals surface area contributed by atoms with Crippen LogP contribution in [0, 0.1) is 6.92 Å². The molecule has 2 aromatic rings. The average molecular weight is 260 g/mol. The van der Waals surface area contributed by atoms with Gasteiger partial charge in [0.25, 0.3) is 5.91 Å². The van der Waals surface area contributed by atoms with Crippen LogP contribution in [-0.4, -0.2) is 16.9 Å². The van der Waals surface area contributed by atoms with E-state index in [1.807, 2.05) is 50.4 Å². The summed E-state index contributed by atoms with van der Waals surface area (Å²) in [5, 5.41) is 5.94. The van der Waals surface area contributed by atoms with Gasteiger partial charge in [0.05, 0.1) is 10.7 Å². The fourth-order valence-corrected chi connectivity index (χ4v) is 2.26. The lowest BCUT2D eigenvalue weighted by molar-refractivity contribution is 0.0943. The number of amides is 1. The molecule has 0 saturated carbocycles. The topological polar surface area (TPSA) is 42.0 Å². The zero-order valence-electron chi connectivity index (χ0n) is 10.7. The zero-order valence-corrected chi connectivity index (χ0v) is 11.5. The molecule has 18 heavy (non-hydrogen) atoms.